The number of amides is 4. The minimum absolute atomic E-state index is 0.0969. The Bertz CT molecular complexity index is 542. The average Bonchev–Trinajstić information content (AvgIpc) is 2.68. The Morgan fingerprint density at radius 2 is 2.15 bits per heavy atom. The Morgan fingerprint density at radius 3 is 2.80 bits per heavy atom. The van der Waals surface area contributed by atoms with Crippen molar-refractivity contribution in [2.75, 3.05) is 6.54 Å². The number of aryl methyl sites for hydroxylation is 1. The summed E-state index contributed by atoms with van der Waals surface area (Å²) in [4.78, 5) is 33.9. The van der Waals surface area contributed by atoms with Gasteiger partial charge in [-0.3, -0.25) is 14.9 Å². The van der Waals surface area contributed by atoms with E-state index in [0.717, 1.165) is 11.1 Å². The van der Waals surface area contributed by atoms with Crippen LogP contribution in [0.5, 0.6) is 0 Å². The van der Waals surface area contributed by atoms with Gasteiger partial charge in [0.1, 0.15) is 6.04 Å². The van der Waals surface area contributed by atoms with Gasteiger partial charge >= 0.3 is 6.03 Å². The van der Waals surface area contributed by atoms with Crippen molar-refractivity contribution in [2.45, 2.75) is 25.8 Å². The van der Waals surface area contributed by atoms with Gasteiger partial charge in [0.05, 0.1) is 6.42 Å². The lowest BCUT2D eigenvalue weighted by molar-refractivity contribution is -0.122. The highest BCUT2D eigenvalue weighted by molar-refractivity contribution is 6.04. The molecule has 0 radical (unpaired) electrons. The van der Waals surface area contributed by atoms with Crippen molar-refractivity contribution in [3.63, 3.8) is 0 Å². The molecular weight excluding hydrogens is 258 g/mol. The molecule has 106 valence electrons. The van der Waals surface area contributed by atoms with Gasteiger partial charge in [-0.25, -0.2) is 4.79 Å². The third-order valence-corrected chi connectivity index (χ3v) is 3.06. The van der Waals surface area contributed by atoms with Crippen molar-refractivity contribution in [1.29, 1.82) is 0 Å². The van der Waals surface area contributed by atoms with E-state index in [1.165, 1.54) is 0 Å². The van der Waals surface area contributed by atoms with Crippen LogP contribution >= 0.6 is 0 Å². The number of hydrogen-bond donors (Lipinski definition) is 3. The molecule has 1 atom stereocenters. The summed E-state index contributed by atoms with van der Waals surface area (Å²) >= 11 is 0. The summed E-state index contributed by atoms with van der Waals surface area (Å²) in [5, 5.41) is 7.38. The molecule has 1 unspecified atom stereocenters. The lowest BCUT2D eigenvalue weighted by atomic mass is 10.1. The smallest absolute Gasteiger partial charge is 0.322 e. The van der Waals surface area contributed by atoms with E-state index in [9.17, 15) is 14.4 Å². The van der Waals surface area contributed by atoms with E-state index in [1.807, 2.05) is 31.2 Å². The second-order valence-electron chi connectivity index (χ2n) is 4.82. The first kappa shape index (κ1) is 14.0. The highest BCUT2D eigenvalue weighted by atomic mass is 16.2. The Hall–Kier alpha value is -2.37. The highest BCUT2D eigenvalue weighted by Crippen LogP contribution is 2.04. The number of carbonyl (C=O) groups is 3. The van der Waals surface area contributed by atoms with Gasteiger partial charge < -0.3 is 10.6 Å². The fourth-order valence-electron chi connectivity index (χ4n) is 2.09. The summed E-state index contributed by atoms with van der Waals surface area (Å²) < 4.78 is 0. The zero-order valence-corrected chi connectivity index (χ0v) is 11.2. The monoisotopic (exact) mass is 275 g/mol. The third-order valence-electron chi connectivity index (χ3n) is 3.06. The van der Waals surface area contributed by atoms with Gasteiger partial charge in [-0.1, -0.05) is 29.8 Å². The molecule has 3 N–H and O–H groups in total. The second kappa shape index (κ2) is 6.18. The molecule has 1 saturated heterocycles. The van der Waals surface area contributed by atoms with Crippen LogP contribution in [-0.2, 0) is 16.0 Å². The summed E-state index contributed by atoms with van der Waals surface area (Å²) in [5.74, 6) is -0.441. The topological polar surface area (TPSA) is 87.3 Å². The van der Waals surface area contributed by atoms with E-state index >= 15 is 0 Å². The minimum atomic E-state index is -0.554. The van der Waals surface area contributed by atoms with Gasteiger partial charge in [0.25, 0.3) is 5.91 Å². The van der Waals surface area contributed by atoms with Crippen LogP contribution in [0.3, 0.4) is 0 Å². The predicted molar refractivity (Wildman–Crippen MR) is 73.0 cm³/mol. The maximum absolute atomic E-state index is 11.7. The Labute approximate surface area is 116 Å². The van der Waals surface area contributed by atoms with Gasteiger partial charge in [-0.15, -0.1) is 0 Å². The fraction of sp³-hybridized carbons (Fsp3) is 0.357. The van der Waals surface area contributed by atoms with Crippen LogP contribution in [0.2, 0.25) is 0 Å². The van der Waals surface area contributed by atoms with Crippen molar-refractivity contribution in [3.05, 3.63) is 35.4 Å². The van der Waals surface area contributed by atoms with Crippen molar-refractivity contribution < 1.29 is 14.4 Å². The number of imide groups is 1. The number of benzene rings is 1. The van der Waals surface area contributed by atoms with Crippen LogP contribution in [-0.4, -0.2) is 30.4 Å². The molecule has 6 nitrogen and oxygen atoms in total. The molecule has 1 aliphatic rings. The first-order valence-corrected chi connectivity index (χ1v) is 6.48. The van der Waals surface area contributed by atoms with Gasteiger partial charge in [0.15, 0.2) is 0 Å². The zero-order chi connectivity index (χ0) is 14.5. The molecular formula is C14H17N3O3. The van der Waals surface area contributed by atoms with Gasteiger partial charge in [-0.05, 0) is 18.9 Å². The quantitative estimate of drug-likeness (QED) is 0.673. The predicted octanol–water partition coefficient (Wildman–Crippen LogP) is 0.252. The first-order chi connectivity index (χ1) is 9.54. The molecule has 0 spiro atoms. The summed E-state index contributed by atoms with van der Waals surface area (Å²) in [6.07, 6.45) is 0.696. The molecule has 6 heteroatoms. The van der Waals surface area contributed by atoms with Crippen molar-refractivity contribution >= 4 is 17.8 Å². The Morgan fingerprint density at radius 1 is 1.35 bits per heavy atom. The van der Waals surface area contributed by atoms with E-state index in [2.05, 4.69) is 16.0 Å². The van der Waals surface area contributed by atoms with Crippen LogP contribution in [0.15, 0.2) is 24.3 Å². The number of hydrogen-bond acceptors (Lipinski definition) is 3. The van der Waals surface area contributed by atoms with E-state index in [1.54, 1.807) is 0 Å². The lowest BCUT2D eigenvalue weighted by Crippen LogP contribution is -2.35. The molecule has 0 aromatic heterocycles. The lowest BCUT2D eigenvalue weighted by Gasteiger charge is -2.08. The third kappa shape index (κ3) is 3.81. The number of rotatable bonds is 5. The normalized spacial score (nSPS) is 17.6. The fourth-order valence-corrected chi connectivity index (χ4v) is 2.09. The molecule has 1 aromatic rings. The van der Waals surface area contributed by atoms with E-state index in [0.29, 0.717) is 19.4 Å². The largest absolute Gasteiger partial charge is 0.356 e. The molecule has 0 aliphatic carbocycles. The summed E-state index contributed by atoms with van der Waals surface area (Å²) in [6.45, 7) is 2.33. The maximum Gasteiger partial charge on any atom is 0.322 e. The molecule has 2 rings (SSSR count). The van der Waals surface area contributed by atoms with Gasteiger partial charge in [-0.2, -0.15) is 0 Å². The molecule has 20 heavy (non-hydrogen) atoms. The van der Waals surface area contributed by atoms with Crippen LogP contribution in [0.1, 0.15) is 17.5 Å². The van der Waals surface area contributed by atoms with Crippen LogP contribution in [0, 0.1) is 6.92 Å². The molecule has 0 saturated carbocycles. The minimum Gasteiger partial charge on any atom is -0.356 e. The number of carbonyl (C=O) groups excluding carboxylic acids is 3. The zero-order valence-electron chi connectivity index (χ0n) is 11.2. The van der Waals surface area contributed by atoms with E-state index in [4.69, 9.17) is 0 Å². The average molecular weight is 275 g/mol. The second-order valence-corrected chi connectivity index (χ2v) is 4.82. The van der Waals surface area contributed by atoms with E-state index in [-0.39, 0.29) is 11.8 Å². The summed E-state index contributed by atoms with van der Waals surface area (Å²) in [7, 11) is 0. The number of nitrogens with one attached hydrogen (secondary N) is 3. The first-order valence-electron chi connectivity index (χ1n) is 6.48. The highest BCUT2D eigenvalue weighted by Gasteiger charge is 2.28. The molecule has 1 heterocycles. The van der Waals surface area contributed by atoms with Crippen LogP contribution in [0.4, 0.5) is 4.79 Å². The van der Waals surface area contributed by atoms with Crippen molar-refractivity contribution in [3.8, 4) is 0 Å². The molecule has 4 amide bonds. The van der Waals surface area contributed by atoms with Crippen molar-refractivity contribution in [2.24, 2.45) is 0 Å². The van der Waals surface area contributed by atoms with Gasteiger partial charge in [0.2, 0.25) is 5.91 Å². The molecule has 0 bridgehead atoms. The van der Waals surface area contributed by atoms with Crippen LogP contribution < -0.4 is 16.0 Å². The summed E-state index contributed by atoms with van der Waals surface area (Å²) in [5.41, 5.74) is 2.06. The number of urea groups is 1. The summed E-state index contributed by atoms with van der Waals surface area (Å²) in [6, 6.07) is 6.72. The van der Waals surface area contributed by atoms with E-state index < -0.39 is 12.1 Å². The molecule has 1 fully saturated rings. The van der Waals surface area contributed by atoms with Crippen molar-refractivity contribution in [1.82, 2.24) is 16.0 Å². The van der Waals surface area contributed by atoms with Crippen LogP contribution in [0.25, 0.3) is 0 Å². The Kier molecular flexibility index (Phi) is 4.34. The standard InChI is InChI=1S/C14H17N3O3/c1-9-3-2-4-10(7-9)8-12(18)15-6-5-11-13(19)17-14(20)16-11/h2-4,7,11H,5-6,8H2,1H3,(H,15,18)(H2,16,17,19,20). The maximum atomic E-state index is 11.7. The Balaban J connectivity index is 1.73. The van der Waals surface area contributed by atoms with Gasteiger partial charge in [0, 0.05) is 6.54 Å². The SMILES string of the molecule is Cc1cccc(CC(=O)NCCC2NC(=O)NC2=O)c1. The molecule has 1 aromatic carbocycles. The molecule has 1 aliphatic heterocycles.